The van der Waals surface area contributed by atoms with Gasteiger partial charge in [0.1, 0.15) is 5.03 Å². The highest BCUT2D eigenvalue weighted by Gasteiger charge is 2.17. The fourth-order valence-corrected chi connectivity index (χ4v) is 1.85. The summed E-state index contributed by atoms with van der Waals surface area (Å²) >= 11 is 0.226. The first-order chi connectivity index (χ1) is 8.91. The lowest BCUT2D eigenvalue weighted by molar-refractivity contribution is 0.0868. The van der Waals surface area contributed by atoms with Gasteiger partial charge in [0.25, 0.3) is 11.7 Å². The molecule has 0 bridgehead atoms. The number of hydrogen-bond donors (Lipinski definition) is 2. The number of alkyl halides is 2. The van der Waals surface area contributed by atoms with Gasteiger partial charge in [0.05, 0.1) is 11.7 Å². The van der Waals surface area contributed by atoms with Gasteiger partial charge >= 0.3 is 0 Å². The molecule has 106 valence electrons. The third-order valence-corrected chi connectivity index (χ3v) is 3.18. The Kier molecular flexibility index (Phi) is 6.17. The average molecular weight is 290 g/mol. The maximum Gasteiger partial charge on any atom is 0.290 e. The molecular weight excluding hydrogens is 274 g/mol. The number of amides is 1. The van der Waals surface area contributed by atoms with E-state index in [1.807, 2.05) is 13.8 Å². The number of pyridine rings is 1. The quantitative estimate of drug-likeness (QED) is 0.788. The van der Waals surface area contributed by atoms with Crippen LogP contribution in [0.2, 0.25) is 0 Å². The van der Waals surface area contributed by atoms with Gasteiger partial charge in [0.2, 0.25) is 0 Å². The Hall–Kier alpha value is -1.21. The van der Waals surface area contributed by atoms with Crippen molar-refractivity contribution in [2.75, 3.05) is 6.54 Å². The summed E-state index contributed by atoms with van der Waals surface area (Å²) in [5, 5.41) is 12.1. The third-order valence-electron chi connectivity index (χ3n) is 2.46. The van der Waals surface area contributed by atoms with Crippen molar-refractivity contribution in [2.45, 2.75) is 30.7 Å². The highest BCUT2D eigenvalue weighted by Crippen LogP contribution is 2.26. The lowest BCUT2D eigenvalue weighted by Gasteiger charge is -2.15. The molecule has 1 amide bonds. The molecule has 1 unspecified atom stereocenters. The molecule has 0 saturated carbocycles. The standard InChI is InChI=1S/C12H16F2N2O2S/c1-7(2)9(17)6-16-10(18)8-4-3-5-15-11(8)19-12(13)14/h3-5,7,9,12,17H,6H2,1-2H3,(H,16,18). The number of thioether (sulfide) groups is 1. The maximum absolute atomic E-state index is 12.3. The molecule has 4 nitrogen and oxygen atoms in total. The number of aliphatic hydroxyl groups is 1. The lowest BCUT2D eigenvalue weighted by Crippen LogP contribution is -2.35. The van der Waals surface area contributed by atoms with Gasteiger partial charge in [-0.15, -0.1) is 0 Å². The molecule has 0 aromatic carbocycles. The summed E-state index contributed by atoms with van der Waals surface area (Å²) in [6.45, 7) is 3.71. The van der Waals surface area contributed by atoms with Gasteiger partial charge in [0.15, 0.2) is 0 Å². The summed E-state index contributed by atoms with van der Waals surface area (Å²) in [6, 6.07) is 2.93. The second-order valence-corrected chi connectivity index (χ2v) is 5.23. The largest absolute Gasteiger partial charge is 0.391 e. The molecule has 19 heavy (non-hydrogen) atoms. The molecule has 0 radical (unpaired) electrons. The van der Waals surface area contributed by atoms with Gasteiger partial charge in [-0.1, -0.05) is 13.8 Å². The molecule has 1 atom stereocenters. The van der Waals surface area contributed by atoms with Crippen LogP contribution in [0.1, 0.15) is 24.2 Å². The second-order valence-electron chi connectivity index (χ2n) is 4.26. The summed E-state index contributed by atoms with van der Waals surface area (Å²) in [7, 11) is 0. The molecule has 1 aromatic heterocycles. The van der Waals surface area contributed by atoms with Crippen LogP contribution in [0.25, 0.3) is 0 Å². The smallest absolute Gasteiger partial charge is 0.290 e. The van der Waals surface area contributed by atoms with E-state index in [1.165, 1.54) is 18.3 Å². The van der Waals surface area contributed by atoms with Gasteiger partial charge in [-0.05, 0) is 29.8 Å². The van der Waals surface area contributed by atoms with Crippen LogP contribution in [-0.2, 0) is 0 Å². The number of rotatable bonds is 6. The zero-order valence-electron chi connectivity index (χ0n) is 10.6. The summed E-state index contributed by atoms with van der Waals surface area (Å²) in [4.78, 5) is 15.6. The molecule has 1 rings (SSSR count). The minimum Gasteiger partial charge on any atom is -0.391 e. The van der Waals surface area contributed by atoms with E-state index in [4.69, 9.17) is 0 Å². The van der Waals surface area contributed by atoms with Gasteiger partial charge in [0, 0.05) is 12.7 Å². The monoisotopic (exact) mass is 290 g/mol. The maximum atomic E-state index is 12.3. The zero-order valence-corrected chi connectivity index (χ0v) is 11.5. The van der Waals surface area contributed by atoms with Crippen molar-refractivity contribution in [1.29, 1.82) is 0 Å². The molecule has 1 aromatic rings. The van der Waals surface area contributed by atoms with Crippen LogP contribution >= 0.6 is 11.8 Å². The van der Waals surface area contributed by atoms with Gasteiger partial charge in [-0.2, -0.15) is 8.78 Å². The average Bonchev–Trinajstić information content (AvgIpc) is 2.35. The molecule has 0 aliphatic rings. The third kappa shape index (κ3) is 5.12. The number of carbonyl (C=O) groups is 1. The van der Waals surface area contributed by atoms with E-state index in [0.29, 0.717) is 0 Å². The van der Waals surface area contributed by atoms with E-state index in [0.717, 1.165) is 0 Å². The molecule has 2 N–H and O–H groups in total. The Labute approximate surface area is 114 Å². The first kappa shape index (κ1) is 15.8. The number of hydrogen-bond acceptors (Lipinski definition) is 4. The van der Waals surface area contributed by atoms with Crippen molar-refractivity contribution < 1.29 is 18.7 Å². The Bertz CT molecular complexity index is 430. The minimum absolute atomic E-state index is 0.00380. The Morgan fingerprint density at radius 2 is 2.21 bits per heavy atom. The second kappa shape index (κ2) is 7.40. The molecule has 0 aliphatic carbocycles. The zero-order chi connectivity index (χ0) is 14.4. The topological polar surface area (TPSA) is 62.2 Å². The lowest BCUT2D eigenvalue weighted by atomic mass is 10.1. The van der Waals surface area contributed by atoms with E-state index in [-0.39, 0.29) is 34.8 Å². The van der Waals surface area contributed by atoms with Crippen LogP contribution in [-0.4, -0.2) is 34.4 Å². The van der Waals surface area contributed by atoms with E-state index in [1.54, 1.807) is 0 Å². The van der Waals surface area contributed by atoms with Crippen molar-refractivity contribution in [2.24, 2.45) is 5.92 Å². The molecule has 0 fully saturated rings. The number of carbonyl (C=O) groups excluding carboxylic acids is 1. The molecule has 0 spiro atoms. The number of halogens is 2. The molecular formula is C12H16F2N2O2S. The predicted molar refractivity (Wildman–Crippen MR) is 69.3 cm³/mol. The van der Waals surface area contributed by atoms with Gasteiger partial charge < -0.3 is 10.4 Å². The van der Waals surface area contributed by atoms with E-state index < -0.39 is 17.8 Å². The molecule has 0 aliphatic heterocycles. The van der Waals surface area contributed by atoms with Crippen LogP contribution in [0.3, 0.4) is 0 Å². The predicted octanol–water partition coefficient (Wildman–Crippen LogP) is 2.14. The SMILES string of the molecule is CC(C)C(O)CNC(=O)c1cccnc1SC(F)F. The Balaban J connectivity index is 2.71. The number of aliphatic hydroxyl groups excluding tert-OH is 1. The summed E-state index contributed by atoms with van der Waals surface area (Å²) < 4.78 is 24.7. The van der Waals surface area contributed by atoms with E-state index in [9.17, 15) is 18.7 Å². The van der Waals surface area contributed by atoms with Crippen LogP contribution in [0.4, 0.5) is 8.78 Å². The van der Waals surface area contributed by atoms with Gasteiger partial charge in [-0.25, -0.2) is 4.98 Å². The number of aromatic nitrogens is 1. The fourth-order valence-electron chi connectivity index (χ4n) is 1.27. The minimum atomic E-state index is -2.64. The van der Waals surface area contributed by atoms with Crippen molar-refractivity contribution in [3.05, 3.63) is 23.9 Å². The van der Waals surface area contributed by atoms with E-state index in [2.05, 4.69) is 10.3 Å². The van der Waals surface area contributed by atoms with Crippen molar-refractivity contribution in [1.82, 2.24) is 10.3 Å². The van der Waals surface area contributed by atoms with Crippen LogP contribution < -0.4 is 5.32 Å². The first-order valence-corrected chi connectivity index (χ1v) is 6.66. The normalized spacial score (nSPS) is 12.8. The van der Waals surface area contributed by atoms with E-state index >= 15 is 0 Å². The molecule has 0 saturated heterocycles. The van der Waals surface area contributed by atoms with Crippen LogP contribution in [0.15, 0.2) is 23.4 Å². The van der Waals surface area contributed by atoms with Crippen molar-refractivity contribution in [3.63, 3.8) is 0 Å². The molecule has 1 heterocycles. The molecule has 7 heteroatoms. The number of nitrogens with one attached hydrogen (secondary N) is 1. The van der Waals surface area contributed by atoms with Crippen LogP contribution in [0.5, 0.6) is 0 Å². The first-order valence-electron chi connectivity index (χ1n) is 5.78. The summed E-state index contributed by atoms with van der Waals surface area (Å²) in [5.41, 5.74) is 0.0868. The summed E-state index contributed by atoms with van der Waals surface area (Å²) in [6.07, 6.45) is 0.677. The fraction of sp³-hybridized carbons (Fsp3) is 0.500. The van der Waals surface area contributed by atoms with Gasteiger partial charge in [-0.3, -0.25) is 4.79 Å². The highest BCUT2D eigenvalue weighted by molar-refractivity contribution is 7.99. The Morgan fingerprint density at radius 1 is 1.53 bits per heavy atom. The van der Waals surface area contributed by atoms with Crippen molar-refractivity contribution in [3.8, 4) is 0 Å². The number of nitrogens with zero attached hydrogens (tertiary/aromatic N) is 1. The van der Waals surface area contributed by atoms with Crippen LogP contribution in [0, 0.1) is 5.92 Å². The van der Waals surface area contributed by atoms with Crippen molar-refractivity contribution >= 4 is 17.7 Å². The Morgan fingerprint density at radius 3 is 2.79 bits per heavy atom. The highest BCUT2D eigenvalue weighted by atomic mass is 32.2. The summed E-state index contributed by atoms with van der Waals surface area (Å²) in [5.74, 6) is -3.15.